The van der Waals surface area contributed by atoms with Gasteiger partial charge in [-0.25, -0.2) is 8.42 Å². The topological polar surface area (TPSA) is 72.5 Å². The fourth-order valence-electron chi connectivity index (χ4n) is 1.94. The molecule has 5 nitrogen and oxygen atoms in total. The van der Waals surface area contributed by atoms with E-state index < -0.39 is 16.1 Å². The number of Topliss-reactive ketones (excluding diaryl/α,β-unsaturated/α-hetero) is 1. The van der Waals surface area contributed by atoms with Crippen molar-refractivity contribution in [1.82, 2.24) is 0 Å². The number of ether oxygens (including phenoxy) is 1. The first-order chi connectivity index (χ1) is 10.8. The minimum Gasteiger partial charge on any atom is -0.481 e. The van der Waals surface area contributed by atoms with Crippen molar-refractivity contribution in [3.63, 3.8) is 0 Å². The molecular formula is C16H16ClNO4S. The van der Waals surface area contributed by atoms with Crippen molar-refractivity contribution in [2.24, 2.45) is 0 Å². The third-order valence-corrected chi connectivity index (χ3v) is 3.90. The monoisotopic (exact) mass is 353 g/mol. The van der Waals surface area contributed by atoms with Crippen molar-refractivity contribution in [2.75, 3.05) is 11.0 Å². The number of ketones is 1. The molecule has 0 fully saturated rings. The van der Waals surface area contributed by atoms with E-state index in [1.165, 1.54) is 12.1 Å². The Morgan fingerprint density at radius 1 is 1.13 bits per heavy atom. The Morgan fingerprint density at radius 2 is 1.74 bits per heavy atom. The molecule has 0 amide bonds. The number of hydrogen-bond donors (Lipinski definition) is 1. The summed E-state index contributed by atoms with van der Waals surface area (Å²) >= 11 is 6.00. The number of rotatable bonds is 6. The van der Waals surface area contributed by atoms with E-state index in [9.17, 15) is 13.2 Å². The Morgan fingerprint density at radius 3 is 2.30 bits per heavy atom. The average Bonchev–Trinajstić information content (AvgIpc) is 2.48. The predicted molar refractivity (Wildman–Crippen MR) is 90.8 cm³/mol. The first-order valence-corrected chi connectivity index (χ1v) is 9.06. The highest BCUT2D eigenvalue weighted by molar-refractivity contribution is 7.92. The van der Waals surface area contributed by atoms with Crippen LogP contribution in [0.3, 0.4) is 0 Å². The van der Waals surface area contributed by atoms with Crippen LogP contribution in [0.4, 0.5) is 5.69 Å². The molecule has 2 aromatic carbocycles. The molecule has 122 valence electrons. The minimum absolute atomic E-state index is 0.226. The van der Waals surface area contributed by atoms with Crippen LogP contribution in [0, 0.1) is 0 Å². The molecule has 0 aliphatic rings. The van der Waals surface area contributed by atoms with Crippen LogP contribution in [0.25, 0.3) is 0 Å². The van der Waals surface area contributed by atoms with Crippen LogP contribution in [0.2, 0.25) is 5.02 Å². The van der Waals surface area contributed by atoms with Crippen molar-refractivity contribution in [3.05, 3.63) is 59.1 Å². The SMILES string of the molecule is C[C@@H](Oc1ccccc1Cl)C(=O)c1ccc(NS(C)(=O)=O)cc1. The fraction of sp³-hybridized carbons (Fsp3) is 0.188. The van der Waals surface area contributed by atoms with Gasteiger partial charge < -0.3 is 4.74 Å². The van der Waals surface area contributed by atoms with Gasteiger partial charge >= 0.3 is 0 Å². The Kier molecular flexibility index (Phi) is 5.28. The lowest BCUT2D eigenvalue weighted by Crippen LogP contribution is -2.24. The van der Waals surface area contributed by atoms with Gasteiger partial charge in [0.1, 0.15) is 5.75 Å². The second-order valence-corrected chi connectivity index (χ2v) is 7.16. The van der Waals surface area contributed by atoms with Gasteiger partial charge in [0.05, 0.1) is 11.3 Å². The van der Waals surface area contributed by atoms with E-state index in [0.717, 1.165) is 6.26 Å². The van der Waals surface area contributed by atoms with Crippen LogP contribution >= 0.6 is 11.6 Å². The zero-order valence-electron chi connectivity index (χ0n) is 12.6. The van der Waals surface area contributed by atoms with Crippen LogP contribution in [0.1, 0.15) is 17.3 Å². The lowest BCUT2D eigenvalue weighted by molar-refractivity contribution is 0.0818. The average molecular weight is 354 g/mol. The molecule has 0 saturated heterocycles. The number of sulfonamides is 1. The lowest BCUT2D eigenvalue weighted by Gasteiger charge is -2.15. The second-order valence-electron chi connectivity index (χ2n) is 5.01. The number of carbonyl (C=O) groups is 1. The van der Waals surface area contributed by atoms with Crippen LogP contribution < -0.4 is 9.46 Å². The highest BCUT2D eigenvalue weighted by Gasteiger charge is 2.18. The molecule has 0 heterocycles. The van der Waals surface area contributed by atoms with Crippen molar-refractivity contribution >= 4 is 33.1 Å². The van der Waals surface area contributed by atoms with Crippen LogP contribution in [-0.2, 0) is 10.0 Å². The minimum atomic E-state index is -3.35. The summed E-state index contributed by atoms with van der Waals surface area (Å²) in [5, 5.41) is 0.430. The van der Waals surface area contributed by atoms with Gasteiger partial charge in [0.15, 0.2) is 6.10 Å². The summed E-state index contributed by atoms with van der Waals surface area (Å²) in [6, 6.07) is 13.0. The summed E-state index contributed by atoms with van der Waals surface area (Å²) in [6.07, 6.45) is 0.342. The third-order valence-electron chi connectivity index (χ3n) is 2.98. The molecule has 0 aromatic heterocycles. The number of nitrogens with one attached hydrogen (secondary N) is 1. The molecule has 1 atom stereocenters. The van der Waals surface area contributed by atoms with E-state index in [1.807, 2.05) is 0 Å². The molecule has 0 aliphatic heterocycles. The van der Waals surface area contributed by atoms with Crippen molar-refractivity contribution in [1.29, 1.82) is 0 Å². The van der Waals surface area contributed by atoms with Crippen LogP contribution in [0.5, 0.6) is 5.75 Å². The van der Waals surface area contributed by atoms with Gasteiger partial charge in [-0.3, -0.25) is 9.52 Å². The number of para-hydroxylation sites is 1. The zero-order chi connectivity index (χ0) is 17.0. The molecule has 0 radical (unpaired) electrons. The third kappa shape index (κ3) is 4.97. The molecule has 23 heavy (non-hydrogen) atoms. The van der Waals surface area contributed by atoms with E-state index in [4.69, 9.17) is 16.3 Å². The summed E-state index contributed by atoms with van der Waals surface area (Å²) < 4.78 is 30.2. The summed E-state index contributed by atoms with van der Waals surface area (Å²) in [7, 11) is -3.35. The Balaban J connectivity index is 2.09. The van der Waals surface area contributed by atoms with Gasteiger partial charge in [-0.1, -0.05) is 23.7 Å². The van der Waals surface area contributed by atoms with Gasteiger partial charge in [0.25, 0.3) is 0 Å². The fourth-order valence-corrected chi connectivity index (χ4v) is 2.68. The molecule has 1 N–H and O–H groups in total. The van der Waals surface area contributed by atoms with Crippen molar-refractivity contribution in [3.8, 4) is 5.75 Å². The first-order valence-electron chi connectivity index (χ1n) is 6.79. The van der Waals surface area contributed by atoms with E-state index in [2.05, 4.69) is 4.72 Å². The maximum Gasteiger partial charge on any atom is 0.229 e. The highest BCUT2D eigenvalue weighted by Crippen LogP contribution is 2.25. The maximum absolute atomic E-state index is 12.4. The van der Waals surface area contributed by atoms with Crippen LogP contribution in [0.15, 0.2) is 48.5 Å². The number of anilines is 1. The number of benzene rings is 2. The molecule has 0 unspecified atom stereocenters. The molecule has 0 bridgehead atoms. The molecule has 2 rings (SSSR count). The van der Waals surface area contributed by atoms with E-state index >= 15 is 0 Å². The summed E-state index contributed by atoms with van der Waals surface area (Å²) in [5.74, 6) is 0.209. The normalized spacial score (nSPS) is 12.5. The quantitative estimate of drug-likeness (QED) is 0.808. The van der Waals surface area contributed by atoms with E-state index in [1.54, 1.807) is 43.3 Å². The molecule has 0 aliphatic carbocycles. The summed E-state index contributed by atoms with van der Waals surface area (Å²) in [6.45, 7) is 1.63. The zero-order valence-corrected chi connectivity index (χ0v) is 14.2. The first kappa shape index (κ1) is 17.3. The standard InChI is InChI=1S/C16H16ClNO4S/c1-11(22-15-6-4-3-5-14(15)17)16(19)12-7-9-13(10-8-12)18-23(2,20)21/h3-11,18H,1-2H3/t11-/m1/s1. The maximum atomic E-state index is 12.4. The van der Waals surface area contributed by atoms with Gasteiger partial charge in [-0.15, -0.1) is 0 Å². The van der Waals surface area contributed by atoms with E-state index in [0.29, 0.717) is 22.0 Å². The Hall–Kier alpha value is -2.05. The van der Waals surface area contributed by atoms with Gasteiger partial charge in [-0.2, -0.15) is 0 Å². The van der Waals surface area contributed by atoms with Crippen LogP contribution in [-0.4, -0.2) is 26.6 Å². The smallest absolute Gasteiger partial charge is 0.229 e. The van der Waals surface area contributed by atoms with Crippen molar-refractivity contribution in [2.45, 2.75) is 13.0 Å². The number of carbonyl (C=O) groups excluding carboxylic acids is 1. The molecule has 0 spiro atoms. The molecule has 0 saturated carbocycles. The Labute approximate surface area is 140 Å². The van der Waals surface area contributed by atoms with E-state index in [-0.39, 0.29) is 5.78 Å². The molecule has 7 heteroatoms. The largest absolute Gasteiger partial charge is 0.481 e. The lowest BCUT2D eigenvalue weighted by atomic mass is 10.1. The number of hydrogen-bond acceptors (Lipinski definition) is 4. The molecule has 2 aromatic rings. The predicted octanol–water partition coefficient (Wildman–Crippen LogP) is 3.36. The van der Waals surface area contributed by atoms with Gasteiger partial charge in [0, 0.05) is 11.3 Å². The van der Waals surface area contributed by atoms with Gasteiger partial charge in [0.2, 0.25) is 15.8 Å². The summed E-state index contributed by atoms with van der Waals surface area (Å²) in [5.41, 5.74) is 0.812. The van der Waals surface area contributed by atoms with Crippen molar-refractivity contribution < 1.29 is 17.9 Å². The second kappa shape index (κ2) is 7.02. The summed E-state index contributed by atoms with van der Waals surface area (Å²) in [4.78, 5) is 12.4. The molecular weight excluding hydrogens is 338 g/mol. The highest BCUT2D eigenvalue weighted by atomic mass is 35.5. The Bertz CT molecular complexity index is 803. The number of halogens is 1. The van der Waals surface area contributed by atoms with Gasteiger partial charge in [-0.05, 0) is 43.3 Å².